The molecule has 1 aromatic heterocycles. The van der Waals surface area contributed by atoms with Crippen LogP contribution in [0, 0.1) is 17.0 Å². The number of benzene rings is 2. The quantitative estimate of drug-likeness (QED) is 0.473. The number of hydrogen-bond acceptors (Lipinski definition) is 5. The van der Waals surface area contributed by atoms with Crippen LogP contribution < -0.4 is 5.32 Å². The number of carbonyl (C=O) groups is 1. The van der Waals surface area contributed by atoms with E-state index in [4.69, 9.17) is 0 Å². The molecule has 0 radical (unpaired) electrons. The van der Waals surface area contributed by atoms with Crippen LogP contribution >= 0.6 is 0 Å². The van der Waals surface area contributed by atoms with E-state index in [2.05, 4.69) is 10.4 Å². The lowest BCUT2D eigenvalue weighted by Gasteiger charge is -2.13. The van der Waals surface area contributed by atoms with Gasteiger partial charge in [-0.25, -0.2) is 4.68 Å². The molecule has 1 heterocycles. The second-order valence-corrected chi connectivity index (χ2v) is 6.68. The third kappa shape index (κ3) is 4.49. The molecule has 0 spiro atoms. The van der Waals surface area contributed by atoms with Crippen LogP contribution in [-0.4, -0.2) is 32.3 Å². The van der Waals surface area contributed by atoms with E-state index in [1.54, 1.807) is 4.68 Å². The Kier molecular flexibility index (Phi) is 6.04. The van der Waals surface area contributed by atoms with Crippen LogP contribution in [0.15, 0.2) is 54.7 Å². The van der Waals surface area contributed by atoms with E-state index in [9.17, 15) is 20.0 Å². The van der Waals surface area contributed by atoms with Gasteiger partial charge < -0.3 is 10.4 Å². The molecule has 1 amide bonds. The van der Waals surface area contributed by atoms with Gasteiger partial charge >= 0.3 is 0 Å². The lowest BCUT2D eigenvalue weighted by atomic mass is 10.1. The number of non-ortho nitro benzene ring substituents is 1. The van der Waals surface area contributed by atoms with Crippen LogP contribution in [-0.2, 0) is 6.42 Å². The number of aromatic nitrogens is 2. The average Bonchev–Trinajstić information content (AvgIpc) is 3.16. The fraction of sp³-hybridized carbons (Fsp3) is 0.238. The minimum Gasteiger partial charge on any atom is -0.387 e. The lowest BCUT2D eigenvalue weighted by Crippen LogP contribution is -2.29. The van der Waals surface area contributed by atoms with Crippen molar-refractivity contribution in [2.24, 2.45) is 0 Å². The van der Waals surface area contributed by atoms with Crippen molar-refractivity contribution in [1.29, 1.82) is 0 Å². The number of aliphatic hydroxyl groups excluding tert-OH is 1. The molecule has 8 nitrogen and oxygen atoms in total. The number of nitrogens with zero attached hydrogens (tertiary/aromatic N) is 3. The summed E-state index contributed by atoms with van der Waals surface area (Å²) in [4.78, 5) is 22.8. The Labute approximate surface area is 168 Å². The number of rotatable bonds is 7. The van der Waals surface area contributed by atoms with Gasteiger partial charge in [-0.3, -0.25) is 14.9 Å². The normalized spacial score (nSPS) is 11.8. The first kappa shape index (κ1) is 20.2. The smallest absolute Gasteiger partial charge is 0.269 e. The summed E-state index contributed by atoms with van der Waals surface area (Å²) in [5.41, 5.74) is 3.66. The van der Waals surface area contributed by atoms with Gasteiger partial charge in [-0.2, -0.15) is 5.10 Å². The van der Waals surface area contributed by atoms with Crippen molar-refractivity contribution in [1.82, 2.24) is 15.1 Å². The van der Waals surface area contributed by atoms with Crippen LogP contribution in [0.5, 0.6) is 0 Å². The van der Waals surface area contributed by atoms with Gasteiger partial charge in [0.25, 0.3) is 11.6 Å². The van der Waals surface area contributed by atoms with Crippen molar-refractivity contribution in [3.63, 3.8) is 0 Å². The van der Waals surface area contributed by atoms with Crippen molar-refractivity contribution < 1.29 is 14.8 Å². The highest BCUT2D eigenvalue weighted by Gasteiger charge is 2.18. The molecule has 2 N–H and O–H groups in total. The van der Waals surface area contributed by atoms with Gasteiger partial charge in [-0.05, 0) is 43.2 Å². The van der Waals surface area contributed by atoms with E-state index in [-0.39, 0.29) is 18.1 Å². The van der Waals surface area contributed by atoms with Crippen LogP contribution in [0.1, 0.15) is 40.2 Å². The molecule has 0 saturated carbocycles. The number of hydrogen-bond donors (Lipinski definition) is 2. The van der Waals surface area contributed by atoms with E-state index in [1.165, 1.54) is 30.5 Å². The number of carbonyl (C=O) groups excluding carboxylic acids is 1. The van der Waals surface area contributed by atoms with Crippen LogP contribution in [0.25, 0.3) is 5.69 Å². The van der Waals surface area contributed by atoms with Crippen molar-refractivity contribution in [2.75, 3.05) is 6.54 Å². The van der Waals surface area contributed by atoms with E-state index < -0.39 is 11.0 Å². The van der Waals surface area contributed by atoms with Gasteiger partial charge in [0.05, 0.1) is 34.2 Å². The first-order valence-corrected chi connectivity index (χ1v) is 9.25. The maximum atomic E-state index is 12.6. The predicted octanol–water partition coefficient (Wildman–Crippen LogP) is 3.11. The molecule has 0 aliphatic carbocycles. The molecular weight excluding hydrogens is 372 g/mol. The van der Waals surface area contributed by atoms with Gasteiger partial charge in [0.15, 0.2) is 0 Å². The summed E-state index contributed by atoms with van der Waals surface area (Å²) in [6.45, 7) is 3.93. The molecule has 8 heteroatoms. The number of nitro groups is 1. The predicted molar refractivity (Wildman–Crippen MR) is 108 cm³/mol. The minimum atomic E-state index is -0.975. The topological polar surface area (TPSA) is 110 Å². The minimum absolute atomic E-state index is 0.0183. The molecule has 1 unspecified atom stereocenters. The zero-order chi connectivity index (χ0) is 21.0. The maximum absolute atomic E-state index is 12.6. The third-order valence-corrected chi connectivity index (χ3v) is 4.67. The number of nitro benzene ring substituents is 1. The summed E-state index contributed by atoms with van der Waals surface area (Å²) in [5, 5.41) is 28.0. The van der Waals surface area contributed by atoms with Crippen LogP contribution in [0.3, 0.4) is 0 Å². The number of amides is 1. The molecule has 0 bridgehead atoms. The van der Waals surface area contributed by atoms with Crippen molar-refractivity contribution in [3.8, 4) is 5.69 Å². The first-order valence-electron chi connectivity index (χ1n) is 9.25. The zero-order valence-electron chi connectivity index (χ0n) is 16.2. The largest absolute Gasteiger partial charge is 0.387 e. The molecule has 2 aromatic carbocycles. The highest BCUT2D eigenvalue weighted by molar-refractivity contribution is 5.95. The molecule has 150 valence electrons. The van der Waals surface area contributed by atoms with Gasteiger partial charge in [0.1, 0.15) is 0 Å². The van der Waals surface area contributed by atoms with Crippen molar-refractivity contribution >= 4 is 11.6 Å². The van der Waals surface area contributed by atoms with E-state index in [1.807, 2.05) is 38.1 Å². The van der Waals surface area contributed by atoms with E-state index in [0.29, 0.717) is 17.5 Å². The fourth-order valence-corrected chi connectivity index (χ4v) is 3.03. The van der Waals surface area contributed by atoms with Gasteiger partial charge in [-0.1, -0.05) is 24.6 Å². The molecule has 0 aliphatic rings. The zero-order valence-corrected chi connectivity index (χ0v) is 16.2. The third-order valence-electron chi connectivity index (χ3n) is 4.67. The van der Waals surface area contributed by atoms with E-state index in [0.717, 1.165) is 16.9 Å². The molecule has 0 saturated heterocycles. The summed E-state index contributed by atoms with van der Waals surface area (Å²) in [6.07, 6.45) is 1.16. The highest BCUT2D eigenvalue weighted by Crippen LogP contribution is 2.19. The van der Waals surface area contributed by atoms with Crippen molar-refractivity contribution in [3.05, 3.63) is 87.2 Å². The van der Waals surface area contributed by atoms with Gasteiger partial charge in [-0.15, -0.1) is 0 Å². The Morgan fingerprint density at radius 1 is 1.21 bits per heavy atom. The molecular formula is C21H22N4O4. The van der Waals surface area contributed by atoms with Crippen LogP contribution in [0.2, 0.25) is 0 Å². The molecule has 29 heavy (non-hydrogen) atoms. The van der Waals surface area contributed by atoms with Gasteiger partial charge in [0.2, 0.25) is 0 Å². The van der Waals surface area contributed by atoms with Gasteiger partial charge in [0, 0.05) is 18.7 Å². The SMILES string of the molecule is CCc1c(C(=O)NCC(O)c2ccc([N+](=O)[O-])cc2)cnn1-c1ccc(C)cc1. The Hall–Kier alpha value is -3.52. The Morgan fingerprint density at radius 2 is 1.86 bits per heavy atom. The monoisotopic (exact) mass is 394 g/mol. The summed E-state index contributed by atoms with van der Waals surface area (Å²) >= 11 is 0. The summed E-state index contributed by atoms with van der Waals surface area (Å²) in [7, 11) is 0. The molecule has 0 aliphatic heterocycles. The molecule has 3 aromatic rings. The first-order chi connectivity index (χ1) is 13.9. The van der Waals surface area contributed by atoms with E-state index >= 15 is 0 Å². The molecule has 3 rings (SSSR count). The lowest BCUT2D eigenvalue weighted by molar-refractivity contribution is -0.384. The average molecular weight is 394 g/mol. The Morgan fingerprint density at radius 3 is 2.45 bits per heavy atom. The number of aliphatic hydroxyl groups is 1. The second kappa shape index (κ2) is 8.66. The standard InChI is InChI=1S/C21H22N4O4/c1-3-19-18(12-23-24(19)16-8-4-14(2)5-9-16)21(27)22-13-20(26)15-6-10-17(11-7-15)25(28)29/h4-12,20,26H,3,13H2,1-2H3,(H,22,27). The number of nitrogens with one attached hydrogen (secondary N) is 1. The second-order valence-electron chi connectivity index (χ2n) is 6.68. The fourth-order valence-electron chi connectivity index (χ4n) is 3.03. The number of aryl methyl sites for hydroxylation is 1. The summed E-state index contributed by atoms with van der Waals surface area (Å²) < 4.78 is 1.74. The highest BCUT2D eigenvalue weighted by atomic mass is 16.6. The van der Waals surface area contributed by atoms with Crippen LogP contribution in [0.4, 0.5) is 5.69 Å². The summed E-state index contributed by atoms with van der Waals surface area (Å²) in [5.74, 6) is -0.332. The summed E-state index contributed by atoms with van der Waals surface area (Å²) in [6, 6.07) is 13.4. The van der Waals surface area contributed by atoms with Crippen molar-refractivity contribution in [2.45, 2.75) is 26.4 Å². The maximum Gasteiger partial charge on any atom is 0.269 e. The molecule has 0 fully saturated rings. The molecule has 1 atom stereocenters. The Bertz CT molecular complexity index is 1010. The Balaban J connectivity index is 1.70.